The molecule has 0 saturated carbocycles. The molecule has 0 bridgehead atoms. The molecule has 0 spiro atoms. The molecule has 0 aliphatic carbocycles. The van der Waals surface area contributed by atoms with Crippen molar-refractivity contribution in [1.82, 2.24) is 4.98 Å². The largest absolute Gasteiger partial charge is 0.383 e. The van der Waals surface area contributed by atoms with Gasteiger partial charge in [0, 0.05) is 17.6 Å². The second-order valence-electron chi connectivity index (χ2n) is 3.78. The van der Waals surface area contributed by atoms with Crippen LogP contribution in [-0.2, 0) is 11.3 Å². The highest BCUT2D eigenvalue weighted by Crippen LogP contribution is 2.18. The zero-order valence-corrected chi connectivity index (χ0v) is 9.44. The number of pyridine rings is 1. The van der Waals surface area contributed by atoms with E-state index < -0.39 is 0 Å². The van der Waals surface area contributed by atoms with Gasteiger partial charge in [0.2, 0.25) is 0 Å². The zero-order chi connectivity index (χ0) is 11.4. The van der Waals surface area contributed by atoms with Gasteiger partial charge in [-0.1, -0.05) is 25.1 Å². The first-order valence-electron chi connectivity index (χ1n) is 5.53. The summed E-state index contributed by atoms with van der Waals surface area (Å²) in [4.78, 5) is 4.35. The van der Waals surface area contributed by atoms with Crippen LogP contribution >= 0.6 is 0 Å². The van der Waals surface area contributed by atoms with E-state index >= 15 is 0 Å². The molecule has 0 aliphatic rings. The van der Waals surface area contributed by atoms with Crippen LogP contribution in [0, 0.1) is 0 Å². The van der Waals surface area contributed by atoms with E-state index in [-0.39, 0.29) is 0 Å². The van der Waals surface area contributed by atoms with E-state index in [1.54, 1.807) is 0 Å². The highest BCUT2D eigenvalue weighted by Gasteiger charge is 2.03. The van der Waals surface area contributed by atoms with Crippen LogP contribution in [0.15, 0.2) is 30.3 Å². The fourth-order valence-electron chi connectivity index (χ4n) is 1.62. The van der Waals surface area contributed by atoms with Crippen molar-refractivity contribution in [1.29, 1.82) is 0 Å². The van der Waals surface area contributed by atoms with Gasteiger partial charge in [-0.25, -0.2) is 4.98 Å². The first kappa shape index (κ1) is 10.9. The summed E-state index contributed by atoms with van der Waals surface area (Å²) in [5.41, 5.74) is 7.77. The average Bonchev–Trinajstić information content (AvgIpc) is 2.30. The second kappa shape index (κ2) is 4.94. The molecule has 0 saturated heterocycles. The van der Waals surface area contributed by atoms with Crippen LogP contribution in [-0.4, -0.2) is 11.6 Å². The van der Waals surface area contributed by atoms with Gasteiger partial charge in [-0.05, 0) is 18.6 Å². The van der Waals surface area contributed by atoms with E-state index in [9.17, 15) is 0 Å². The maximum atomic E-state index is 5.88. The molecular weight excluding hydrogens is 200 g/mol. The van der Waals surface area contributed by atoms with Gasteiger partial charge in [-0.3, -0.25) is 0 Å². The Labute approximate surface area is 95.2 Å². The molecular formula is C13H16N2O. The lowest BCUT2D eigenvalue weighted by molar-refractivity contribution is 0.122. The minimum absolute atomic E-state index is 0.539. The van der Waals surface area contributed by atoms with E-state index in [1.807, 2.05) is 30.3 Å². The molecule has 0 atom stereocenters. The van der Waals surface area contributed by atoms with Crippen LogP contribution in [0.3, 0.4) is 0 Å². The van der Waals surface area contributed by atoms with Gasteiger partial charge in [0.1, 0.15) is 5.82 Å². The molecule has 2 rings (SSSR count). The number of aromatic nitrogens is 1. The van der Waals surface area contributed by atoms with Crippen molar-refractivity contribution >= 4 is 16.7 Å². The van der Waals surface area contributed by atoms with Crippen molar-refractivity contribution in [2.45, 2.75) is 20.0 Å². The molecule has 0 radical (unpaired) electrons. The Hall–Kier alpha value is -1.61. The number of ether oxygens (including phenoxy) is 1. The maximum Gasteiger partial charge on any atom is 0.129 e. The summed E-state index contributed by atoms with van der Waals surface area (Å²) in [7, 11) is 0. The molecule has 0 aliphatic heterocycles. The molecule has 1 heterocycles. The van der Waals surface area contributed by atoms with E-state index in [4.69, 9.17) is 10.5 Å². The van der Waals surface area contributed by atoms with Gasteiger partial charge in [-0.2, -0.15) is 0 Å². The highest BCUT2D eigenvalue weighted by atomic mass is 16.5. The van der Waals surface area contributed by atoms with Crippen molar-refractivity contribution in [2.75, 3.05) is 12.3 Å². The Bertz CT molecular complexity index is 482. The van der Waals surface area contributed by atoms with Crippen LogP contribution < -0.4 is 5.73 Å². The Morgan fingerprint density at radius 3 is 2.94 bits per heavy atom. The summed E-state index contributed by atoms with van der Waals surface area (Å²) in [5.74, 6) is 0.565. The predicted molar refractivity (Wildman–Crippen MR) is 66.1 cm³/mol. The summed E-state index contributed by atoms with van der Waals surface area (Å²) >= 11 is 0. The lowest BCUT2D eigenvalue weighted by Crippen LogP contribution is -2.01. The number of hydrogen-bond donors (Lipinski definition) is 1. The number of nitrogens with two attached hydrogens (primary N) is 1. The molecule has 0 unspecified atom stereocenters. The normalized spacial score (nSPS) is 10.8. The standard InChI is InChI=1S/C13H16N2O/c1-2-7-16-9-11-8-10-5-3-4-6-12(10)15-13(11)14/h3-6,8H,2,7,9H2,1H3,(H2,14,15). The Morgan fingerprint density at radius 2 is 2.12 bits per heavy atom. The molecule has 0 amide bonds. The van der Waals surface area contributed by atoms with Crippen molar-refractivity contribution < 1.29 is 4.74 Å². The Morgan fingerprint density at radius 1 is 1.31 bits per heavy atom. The van der Waals surface area contributed by atoms with Crippen molar-refractivity contribution in [3.05, 3.63) is 35.9 Å². The van der Waals surface area contributed by atoms with Crippen LogP contribution in [0.1, 0.15) is 18.9 Å². The van der Waals surface area contributed by atoms with Gasteiger partial charge in [0.15, 0.2) is 0 Å². The quantitative estimate of drug-likeness (QED) is 0.799. The average molecular weight is 216 g/mol. The van der Waals surface area contributed by atoms with Crippen molar-refractivity contribution in [3.8, 4) is 0 Å². The van der Waals surface area contributed by atoms with E-state index in [2.05, 4.69) is 11.9 Å². The fraction of sp³-hybridized carbons (Fsp3) is 0.308. The number of nitrogens with zero attached hydrogens (tertiary/aromatic N) is 1. The molecule has 2 N–H and O–H groups in total. The van der Waals surface area contributed by atoms with Crippen LogP contribution in [0.5, 0.6) is 0 Å². The Kier molecular flexibility index (Phi) is 3.37. The number of rotatable bonds is 4. The first-order valence-corrected chi connectivity index (χ1v) is 5.53. The van der Waals surface area contributed by atoms with E-state index in [1.165, 1.54) is 0 Å². The van der Waals surface area contributed by atoms with E-state index in [0.717, 1.165) is 29.5 Å². The summed E-state index contributed by atoms with van der Waals surface area (Å²) in [5, 5.41) is 1.10. The van der Waals surface area contributed by atoms with Crippen LogP contribution in [0.2, 0.25) is 0 Å². The summed E-state index contributed by atoms with van der Waals surface area (Å²) in [6.45, 7) is 3.38. The van der Waals surface area contributed by atoms with Crippen LogP contribution in [0.4, 0.5) is 5.82 Å². The van der Waals surface area contributed by atoms with Gasteiger partial charge in [0.25, 0.3) is 0 Å². The number of para-hydroxylation sites is 1. The molecule has 1 aromatic carbocycles. The monoisotopic (exact) mass is 216 g/mol. The summed E-state index contributed by atoms with van der Waals surface area (Å²) < 4.78 is 5.48. The second-order valence-corrected chi connectivity index (χ2v) is 3.78. The number of hydrogen-bond acceptors (Lipinski definition) is 3. The third-order valence-electron chi connectivity index (χ3n) is 2.44. The van der Waals surface area contributed by atoms with Crippen LogP contribution in [0.25, 0.3) is 10.9 Å². The number of benzene rings is 1. The number of anilines is 1. The molecule has 1 aromatic heterocycles. The number of fused-ring (bicyclic) bond motifs is 1. The summed E-state index contributed by atoms with van der Waals surface area (Å²) in [6.07, 6.45) is 1.01. The molecule has 2 aromatic rings. The highest BCUT2D eigenvalue weighted by molar-refractivity contribution is 5.81. The smallest absolute Gasteiger partial charge is 0.129 e. The number of nitrogen functional groups attached to an aromatic ring is 1. The first-order chi connectivity index (χ1) is 7.81. The van der Waals surface area contributed by atoms with E-state index in [0.29, 0.717) is 12.4 Å². The molecule has 16 heavy (non-hydrogen) atoms. The minimum atomic E-state index is 0.539. The van der Waals surface area contributed by atoms with Gasteiger partial charge >= 0.3 is 0 Å². The third kappa shape index (κ3) is 2.31. The van der Waals surface area contributed by atoms with Gasteiger partial charge in [0.05, 0.1) is 12.1 Å². The third-order valence-corrected chi connectivity index (χ3v) is 2.44. The van der Waals surface area contributed by atoms with Crippen molar-refractivity contribution in [2.24, 2.45) is 0 Å². The lowest BCUT2D eigenvalue weighted by atomic mass is 10.1. The van der Waals surface area contributed by atoms with Gasteiger partial charge < -0.3 is 10.5 Å². The maximum absolute atomic E-state index is 5.88. The molecule has 0 fully saturated rings. The molecule has 84 valence electrons. The summed E-state index contributed by atoms with van der Waals surface area (Å²) in [6, 6.07) is 10.00. The fourth-order valence-corrected chi connectivity index (χ4v) is 1.62. The lowest BCUT2D eigenvalue weighted by Gasteiger charge is -2.07. The minimum Gasteiger partial charge on any atom is -0.383 e. The molecule has 3 nitrogen and oxygen atoms in total. The zero-order valence-electron chi connectivity index (χ0n) is 9.44. The van der Waals surface area contributed by atoms with Gasteiger partial charge in [-0.15, -0.1) is 0 Å². The topological polar surface area (TPSA) is 48.1 Å². The molecule has 3 heteroatoms. The van der Waals surface area contributed by atoms with Crippen molar-refractivity contribution in [3.63, 3.8) is 0 Å². The Balaban J connectivity index is 2.27. The predicted octanol–water partition coefficient (Wildman–Crippen LogP) is 2.74. The SMILES string of the molecule is CCCOCc1cc2ccccc2nc1N.